The van der Waals surface area contributed by atoms with Gasteiger partial charge in [0.05, 0.1) is 6.61 Å². The number of benzene rings is 3. The lowest BCUT2D eigenvalue weighted by Crippen LogP contribution is -2.05. The summed E-state index contributed by atoms with van der Waals surface area (Å²) in [7, 11) is 1.96. The van der Waals surface area contributed by atoms with Crippen LogP contribution in [0.15, 0.2) is 65.6 Å². The number of carbonyl (C=O) groups is 1. The minimum absolute atomic E-state index is 0.464. The fourth-order valence-corrected chi connectivity index (χ4v) is 5.89. The van der Waals surface area contributed by atoms with Crippen LogP contribution in [-0.4, -0.2) is 31.9 Å². The van der Waals surface area contributed by atoms with Crippen molar-refractivity contribution in [3.8, 4) is 5.75 Å². The van der Waals surface area contributed by atoms with Crippen molar-refractivity contribution in [1.29, 1.82) is 0 Å². The first kappa shape index (κ1) is 37.7. The largest absolute Gasteiger partial charge is 0.493 e. The number of carbonyl (C=O) groups excluding carboxylic acids is 1. The Morgan fingerprint density at radius 3 is 1.76 bits per heavy atom. The molecule has 1 saturated heterocycles. The predicted octanol–water partition coefficient (Wildman–Crippen LogP) is 8.59. The first-order valence-corrected chi connectivity index (χ1v) is 15.6. The third kappa shape index (κ3) is 15.7. The molecule has 1 aliphatic heterocycles. The second-order valence-corrected chi connectivity index (χ2v) is 11.0. The van der Waals surface area contributed by atoms with Crippen LogP contribution in [-0.2, 0) is 15.7 Å². The summed E-state index contributed by atoms with van der Waals surface area (Å²) in [5.74, 6) is 3.81. The van der Waals surface area contributed by atoms with Crippen LogP contribution >= 0.6 is 0 Å². The number of anilines is 1. The Hall–Kier alpha value is -2.50. The molecule has 0 amide bonds. The van der Waals surface area contributed by atoms with Gasteiger partial charge in [0, 0.05) is 27.4 Å². The molecule has 0 radical (unpaired) electrons. The fourth-order valence-electron chi connectivity index (χ4n) is 3.39. The van der Waals surface area contributed by atoms with Gasteiger partial charge < -0.3 is 21.0 Å². The van der Waals surface area contributed by atoms with E-state index in [1.807, 2.05) is 38.0 Å². The molecule has 4 nitrogen and oxygen atoms in total. The van der Waals surface area contributed by atoms with Gasteiger partial charge in [-0.15, -0.1) is 0 Å². The number of nitrogens with two attached hydrogens (primary N) is 2. The third-order valence-electron chi connectivity index (χ3n) is 5.02. The number of fused-ring (bicyclic) bond motifs is 1. The molecule has 0 unspecified atom stereocenters. The molecule has 0 aliphatic carbocycles. The van der Waals surface area contributed by atoms with E-state index in [2.05, 4.69) is 76.8 Å². The molecule has 5 heteroatoms. The normalized spacial score (nSPS) is 11.5. The van der Waals surface area contributed by atoms with E-state index in [9.17, 15) is 0 Å². The van der Waals surface area contributed by atoms with E-state index in [1.165, 1.54) is 67.0 Å². The minimum Gasteiger partial charge on any atom is -0.493 e. The van der Waals surface area contributed by atoms with Gasteiger partial charge >= 0.3 is 0 Å². The molecule has 3 aromatic carbocycles. The van der Waals surface area contributed by atoms with Crippen LogP contribution in [0.25, 0.3) is 10.8 Å². The van der Waals surface area contributed by atoms with E-state index >= 15 is 0 Å². The van der Waals surface area contributed by atoms with Crippen molar-refractivity contribution >= 4 is 34.1 Å². The van der Waals surface area contributed by atoms with E-state index < -0.39 is 0 Å². The zero-order chi connectivity index (χ0) is 29.2. The average Bonchev–Trinajstić information content (AvgIpc) is 3.49. The SMILES string of the molecule is C=O.CCC.CCC.CCCCOc1ccc([S+]2CCCC2)c2ccccc12.CN.Cc1ccc(N)cc1. The Kier molecular flexibility index (Phi) is 25.9. The third-order valence-corrected chi connectivity index (χ3v) is 7.56. The molecule has 0 aromatic heterocycles. The molecular weight excluding hydrogens is 488 g/mol. The van der Waals surface area contributed by atoms with E-state index in [-0.39, 0.29) is 0 Å². The van der Waals surface area contributed by atoms with E-state index in [0.29, 0.717) is 10.9 Å². The number of hydrogen-bond acceptors (Lipinski definition) is 4. The molecule has 1 heterocycles. The summed E-state index contributed by atoms with van der Waals surface area (Å²) in [6.45, 7) is 15.6. The van der Waals surface area contributed by atoms with Gasteiger partial charge in [-0.2, -0.15) is 0 Å². The fraction of sp³-hybridized carbons (Fsp3) is 0.485. The summed E-state index contributed by atoms with van der Waals surface area (Å²) >= 11 is 0. The molecule has 4 N–H and O–H groups in total. The number of rotatable bonds is 5. The molecule has 1 fully saturated rings. The zero-order valence-corrected chi connectivity index (χ0v) is 26.0. The van der Waals surface area contributed by atoms with Crippen molar-refractivity contribution in [2.75, 3.05) is 30.9 Å². The highest BCUT2D eigenvalue weighted by molar-refractivity contribution is 7.97. The van der Waals surface area contributed by atoms with Gasteiger partial charge in [-0.05, 0) is 63.6 Å². The molecule has 0 saturated carbocycles. The Balaban J connectivity index is 0. The molecule has 38 heavy (non-hydrogen) atoms. The molecule has 0 spiro atoms. The number of unbranched alkanes of at least 4 members (excludes halogenated alkanes) is 1. The summed E-state index contributed by atoms with van der Waals surface area (Å²) in [5, 5.41) is 2.70. The van der Waals surface area contributed by atoms with Crippen molar-refractivity contribution < 1.29 is 9.53 Å². The van der Waals surface area contributed by atoms with Crippen LogP contribution < -0.4 is 16.2 Å². The average molecular weight is 544 g/mol. The predicted molar refractivity (Wildman–Crippen MR) is 174 cm³/mol. The molecule has 1 aliphatic rings. The van der Waals surface area contributed by atoms with Gasteiger partial charge in [0.25, 0.3) is 0 Å². The van der Waals surface area contributed by atoms with Gasteiger partial charge in [-0.3, -0.25) is 0 Å². The van der Waals surface area contributed by atoms with E-state index in [4.69, 9.17) is 15.3 Å². The summed E-state index contributed by atoms with van der Waals surface area (Å²) < 4.78 is 5.98. The molecule has 0 atom stereocenters. The Morgan fingerprint density at radius 1 is 0.789 bits per heavy atom. The molecule has 214 valence electrons. The maximum absolute atomic E-state index is 8.00. The number of hydrogen-bond donors (Lipinski definition) is 2. The number of nitrogen functional groups attached to an aromatic ring is 1. The summed E-state index contributed by atoms with van der Waals surface area (Å²) in [5.41, 5.74) is 12.0. The maximum Gasteiger partial charge on any atom is 0.162 e. The molecular formula is C33H55N2O2S+. The van der Waals surface area contributed by atoms with Crippen LogP contribution in [0, 0.1) is 6.92 Å². The summed E-state index contributed by atoms with van der Waals surface area (Å²) in [6, 6.07) is 21.0. The summed E-state index contributed by atoms with van der Waals surface area (Å²) in [4.78, 5) is 9.56. The van der Waals surface area contributed by atoms with Gasteiger partial charge in [0.2, 0.25) is 0 Å². The second kappa shape index (κ2) is 26.1. The van der Waals surface area contributed by atoms with Crippen LogP contribution in [0.4, 0.5) is 5.69 Å². The molecule has 4 rings (SSSR count). The maximum atomic E-state index is 8.00. The van der Waals surface area contributed by atoms with Gasteiger partial charge in [0.1, 0.15) is 24.0 Å². The van der Waals surface area contributed by atoms with Crippen LogP contribution in [0.5, 0.6) is 5.75 Å². The van der Waals surface area contributed by atoms with Crippen molar-refractivity contribution in [1.82, 2.24) is 0 Å². The number of ether oxygens (including phenoxy) is 1. The van der Waals surface area contributed by atoms with Gasteiger partial charge in [-0.1, -0.05) is 89.8 Å². The van der Waals surface area contributed by atoms with Crippen molar-refractivity contribution in [3.05, 3.63) is 66.2 Å². The number of aryl methyl sites for hydroxylation is 1. The Labute approximate surface area is 236 Å². The first-order valence-electron chi connectivity index (χ1n) is 14.0. The Bertz CT molecular complexity index is 903. The lowest BCUT2D eigenvalue weighted by molar-refractivity contribution is -0.0980. The molecule has 0 bridgehead atoms. The quantitative estimate of drug-likeness (QED) is 0.192. The van der Waals surface area contributed by atoms with Crippen molar-refractivity contribution in [2.24, 2.45) is 5.73 Å². The van der Waals surface area contributed by atoms with Gasteiger partial charge in [0.15, 0.2) is 4.90 Å². The lowest BCUT2D eigenvalue weighted by atomic mass is 10.1. The van der Waals surface area contributed by atoms with Crippen LogP contribution in [0.2, 0.25) is 0 Å². The first-order chi connectivity index (χ1) is 18.5. The zero-order valence-electron chi connectivity index (χ0n) is 25.2. The topological polar surface area (TPSA) is 78.3 Å². The highest BCUT2D eigenvalue weighted by Crippen LogP contribution is 2.34. The van der Waals surface area contributed by atoms with Crippen LogP contribution in [0.1, 0.15) is 78.7 Å². The molecule has 3 aromatic rings. The smallest absolute Gasteiger partial charge is 0.162 e. The van der Waals surface area contributed by atoms with E-state index in [0.717, 1.165) is 24.5 Å². The lowest BCUT2D eigenvalue weighted by Gasteiger charge is -2.11. The second-order valence-electron chi connectivity index (χ2n) is 8.74. The Morgan fingerprint density at radius 2 is 1.29 bits per heavy atom. The highest BCUT2D eigenvalue weighted by Gasteiger charge is 2.29. The van der Waals surface area contributed by atoms with Crippen LogP contribution in [0.3, 0.4) is 0 Å². The van der Waals surface area contributed by atoms with Crippen molar-refractivity contribution in [3.63, 3.8) is 0 Å². The van der Waals surface area contributed by atoms with Gasteiger partial charge in [-0.25, -0.2) is 0 Å². The minimum atomic E-state index is 0.464. The van der Waals surface area contributed by atoms with Crippen molar-refractivity contribution in [2.45, 2.75) is 85.0 Å². The monoisotopic (exact) mass is 543 g/mol. The highest BCUT2D eigenvalue weighted by atomic mass is 32.2. The summed E-state index contributed by atoms with van der Waals surface area (Å²) in [6.07, 6.45) is 7.60. The van der Waals surface area contributed by atoms with E-state index in [1.54, 1.807) is 4.90 Å². The standard InChI is InChI=1S/C18H23OS.C7H9N.2C3H8.CH5N.CH2O/c1-2-3-12-19-17-10-11-18(20-13-6-7-14-20)16-9-5-4-8-15(16)17;1-6-2-4-7(8)5-3-6;2*1-3-2;2*1-2/h4-5,8-11H,2-3,6-7,12-14H2,1H3;2-5H,8H2,1H3;2*3H2,1-2H3;2H2,1H3;1H2/q+1;;;;;.